The van der Waals surface area contributed by atoms with Crippen molar-refractivity contribution in [1.82, 2.24) is 4.98 Å². The van der Waals surface area contributed by atoms with Crippen molar-refractivity contribution in [2.75, 3.05) is 13.2 Å². The molecule has 7 heteroatoms. The third kappa shape index (κ3) is 3.42. The molecule has 1 aromatic heterocycles. The zero-order valence-corrected chi connectivity index (χ0v) is 15.3. The fourth-order valence-corrected chi connectivity index (χ4v) is 2.85. The third-order valence-corrected chi connectivity index (χ3v) is 5.84. The Kier molecular flexibility index (Phi) is 4.69. The second-order valence-corrected chi connectivity index (χ2v) is 8.44. The minimum atomic E-state index is -0.414. The Labute approximate surface area is 145 Å². The maximum Gasteiger partial charge on any atom is 0.497 e. The molecule has 0 amide bonds. The van der Waals surface area contributed by atoms with E-state index in [9.17, 15) is 0 Å². The summed E-state index contributed by atoms with van der Waals surface area (Å²) in [4.78, 5) is 4.27. The van der Waals surface area contributed by atoms with E-state index < -0.39 is 7.12 Å². The van der Waals surface area contributed by atoms with Crippen LogP contribution in [0.4, 0.5) is 0 Å². The van der Waals surface area contributed by atoms with Gasteiger partial charge in [-0.2, -0.15) is 0 Å². The number of rotatable bonds is 3. The molecule has 22 heavy (non-hydrogen) atoms. The van der Waals surface area contributed by atoms with E-state index in [2.05, 4.69) is 27.6 Å². The van der Waals surface area contributed by atoms with Crippen molar-refractivity contribution < 1.29 is 18.8 Å². The van der Waals surface area contributed by atoms with Crippen LogP contribution in [0.1, 0.15) is 33.6 Å². The molecule has 5 nitrogen and oxygen atoms in total. The summed E-state index contributed by atoms with van der Waals surface area (Å²) < 4.78 is 23.1. The van der Waals surface area contributed by atoms with Crippen LogP contribution in [-0.2, 0) is 14.0 Å². The fourth-order valence-electron chi connectivity index (χ4n) is 2.49. The second-order valence-electron chi connectivity index (χ2n) is 6.38. The first-order chi connectivity index (χ1) is 10.4. The molecule has 0 N–H and O–H groups in total. The molecule has 0 aromatic carbocycles. The van der Waals surface area contributed by atoms with E-state index in [1.54, 1.807) is 12.4 Å². The van der Waals surface area contributed by atoms with Crippen LogP contribution in [0.15, 0.2) is 18.5 Å². The molecular formula is C15H21BINO4. The average molecular weight is 417 g/mol. The third-order valence-electron chi connectivity index (χ3n) is 4.28. The summed E-state index contributed by atoms with van der Waals surface area (Å²) in [7, 11) is -0.414. The molecule has 1 unspecified atom stereocenters. The molecule has 2 aliphatic rings. The van der Waals surface area contributed by atoms with Crippen LogP contribution in [0, 0.1) is 0 Å². The summed E-state index contributed by atoms with van der Waals surface area (Å²) in [5, 5.41) is 0. The summed E-state index contributed by atoms with van der Waals surface area (Å²) >= 11 is 2.29. The van der Waals surface area contributed by atoms with Crippen LogP contribution >= 0.6 is 22.6 Å². The topological polar surface area (TPSA) is 49.8 Å². The Morgan fingerprint density at radius 3 is 2.59 bits per heavy atom. The van der Waals surface area contributed by atoms with Crippen molar-refractivity contribution in [2.45, 2.75) is 48.9 Å². The number of nitrogens with zero attached hydrogens (tertiary/aromatic N) is 1. The van der Waals surface area contributed by atoms with Gasteiger partial charge in [0.1, 0.15) is 15.5 Å². The first-order valence-corrected chi connectivity index (χ1v) is 8.69. The molecular weight excluding hydrogens is 396 g/mol. The van der Waals surface area contributed by atoms with Gasteiger partial charge in [-0.25, -0.2) is 0 Å². The summed E-state index contributed by atoms with van der Waals surface area (Å²) in [6.07, 6.45) is 5.54. The number of hydrogen-bond acceptors (Lipinski definition) is 5. The lowest BCUT2D eigenvalue weighted by atomic mass is 9.80. The van der Waals surface area contributed by atoms with Gasteiger partial charge in [0.25, 0.3) is 0 Å². The number of alkyl halides is 1. The van der Waals surface area contributed by atoms with Gasteiger partial charge in [0, 0.05) is 24.5 Å². The lowest BCUT2D eigenvalue weighted by Crippen LogP contribution is -2.38. The van der Waals surface area contributed by atoms with Crippen LogP contribution in [0.3, 0.4) is 0 Å². The van der Waals surface area contributed by atoms with Crippen LogP contribution in [0.5, 0.6) is 5.75 Å². The summed E-state index contributed by atoms with van der Waals surface area (Å²) in [5.41, 5.74) is 0.522. The number of pyridine rings is 1. The van der Waals surface area contributed by atoms with Gasteiger partial charge in [-0.3, -0.25) is 4.98 Å². The summed E-state index contributed by atoms with van der Waals surface area (Å²) in [5.74, 6) is 0.761. The van der Waals surface area contributed by atoms with Crippen molar-refractivity contribution in [3.63, 3.8) is 0 Å². The van der Waals surface area contributed by atoms with Crippen molar-refractivity contribution in [2.24, 2.45) is 0 Å². The Balaban J connectivity index is 1.72. The van der Waals surface area contributed by atoms with Gasteiger partial charge in [-0.05, 0) is 49.4 Å². The van der Waals surface area contributed by atoms with E-state index in [1.807, 2.05) is 26.8 Å². The Morgan fingerprint density at radius 2 is 1.95 bits per heavy atom. The van der Waals surface area contributed by atoms with E-state index in [4.69, 9.17) is 18.8 Å². The van der Waals surface area contributed by atoms with Crippen molar-refractivity contribution in [1.29, 1.82) is 0 Å². The zero-order valence-electron chi connectivity index (χ0n) is 13.2. The van der Waals surface area contributed by atoms with Crippen molar-refractivity contribution in [3.8, 4) is 5.75 Å². The minimum absolute atomic E-state index is 0.197. The van der Waals surface area contributed by atoms with Gasteiger partial charge in [0.15, 0.2) is 0 Å². The summed E-state index contributed by atoms with van der Waals surface area (Å²) in [6, 6.07) is 1.96. The molecule has 0 bridgehead atoms. The van der Waals surface area contributed by atoms with Gasteiger partial charge in [-0.1, -0.05) is 0 Å². The van der Waals surface area contributed by atoms with Gasteiger partial charge in [0.2, 0.25) is 0 Å². The molecule has 0 aliphatic carbocycles. The Hall–Kier alpha value is -0.375. The Morgan fingerprint density at radius 1 is 1.23 bits per heavy atom. The molecule has 0 radical (unpaired) electrons. The molecule has 120 valence electrons. The highest BCUT2D eigenvalue weighted by Crippen LogP contribution is 2.42. The molecule has 0 saturated carbocycles. The maximum atomic E-state index is 6.05. The average Bonchev–Trinajstić information content (AvgIpc) is 2.69. The van der Waals surface area contributed by atoms with Crippen LogP contribution < -0.4 is 10.2 Å². The predicted octanol–water partition coefficient (Wildman–Crippen LogP) is 2.31. The Bertz CT molecular complexity index is 518. The monoisotopic (exact) mass is 417 g/mol. The first-order valence-electron chi connectivity index (χ1n) is 7.61. The smallest absolute Gasteiger partial charge is 0.489 e. The lowest BCUT2D eigenvalue weighted by molar-refractivity contribution is 0.0254. The van der Waals surface area contributed by atoms with Crippen LogP contribution in [-0.4, -0.2) is 40.6 Å². The molecule has 0 spiro atoms. The largest absolute Gasteiger partial charge is 0.497 e. The lowest BCUT2D eigenvalue weighted by Gasteiger charge is -2.30. The van der Waals surface area contributed by atoms with Crippen molar-refractivity contribution >= 4 is 35.2 Å². The quantitative estimate of drug-likeness (QED) is 0.430. The zero-order chi connectivity index (χ0) is 15.8. The van der Waals surface area contributed by atoms with Crippen LogP contribution in [0.25, 0.3) is 0 Å². The van der Waals surface area contributed by atoms with Gasteiger partial charge < -0.3 is 18.8 Å². The van der Waals surface area contributed by atoms with E-state index >= 15 is 0 Å². The van der Waals surface area contributed by atoms with E-state index in [1.165, 1.54) is 0 Å². The normalized spacial score (nSPS) is 28.8. The molecule has 1 atom stereocenters. The summed E-state index contributed by atoms with van der Waals surface area (Å²) in [6.45, 7) is 7.62. The highest BCUT2D eigenvalue weighted by Gasteiger charge is 2.53. The number of aromatic nitrogens is 1. The second kappa shape index (κ2) is 6.26. The minimum Gasteiger partial charge on any atom is -0.489 e. The van der Waals surface area contributed by atoms with E-state index in [-0.39, 0.29) is 15.3 Å². The number of hydrogen-bond donors (Lipinski definition) is 0. The number of ether oxygens (including phenoxy) is 2. The highest BCUT2D eigenvalue weighted by molar-refractivity contribution is 14.1. The molecule has 2 saturated heterocycles. The number of halogens is 1. The molecule has 2 aliphatic heterocycles. The van der Waals surface area contributed by atoms with Crippen molar-refractivity contribution in [3.05, 3.63) is 18.5 Å². The van der Waals surface area contributed by atoms with Gasteiger partial charge >= 0.3 is 7.12 Å². The molecule has 3 rings (SSSR count). The van der Waals surface area contributed by atoms with E-state index in [0.29, 0.717) is 0 Å². The molecule has 3 heterocycles. The molecule has 1 aromatic rings. The highest BCUT2D eigenvalue weighted by atomic mass is 127. The van der Waals surface area contributed by atoms with E-state index in [0.717, 1.165) is 37.3 Å². The van der Waals surface area contributed by atoms with Crippen LogP contribution in [0.2, 0.25) is 0 Å². The SMILES string of the molecule is CC1(C)OB(c2cncc(OC3CCOCC3)c2)OC1(C)I. The fraction of sp³-hybridized carbons (Fsp3) is 0.667. The maximum absolute atomic E-state index is 6.05. The standard InChI is InChI=1S/C15H21BINO4/c1-14(2)15(3,17)22-16(21-14)11-8-13(10-18-9-11)20-12-4-6-19-7-5-12/h8-10,12H,4-7H2,1-3H3. The predicted molar refractivity (Wildman–Crippen MR) is 92.8 cm³/mol. The van der Waals surface area contributed by atoms with Gasteiger partial charge in [0.05, 0.1) is 25.0 Å². The molecule has 2 fully saturated rings. The first kappa shape index (κ1) is 16.5. The van der Waals surface area contributed by atoms with Gasteiger partial charge in [-0.15, -0.1) is 0 Å².